The van der Waals surface area contributed by atoms with Crippen LogP contribution < -0.4 is 21.3 Å². The predicted octanol–water partition coefficient (Wildman–Crippen LogP) is 3.20. The molecular weight excluding hydrogens is 432 g/mol. The summed E-state index contributed by atoms with van der Waals surface area (Å²) < 4.78 is 1.61. The Morgan fingerprint density at radius 3 is 2.35 bits per heavy atom. The highest BCUT2D eigenvalue weighted by Crippen LogP contribution is 2.29. The van der Waals surface area contributed by atoms with Crippen LogP contribution in [-0.4, -0.2) is 49.5 Å². The molecule has 0 spiro atoms. The van der Waals surface area contributed by atoms with Crippen molar-refractivity contribution in [1.82, 2.24) is 24.9 Å². The number of imidazole rings is 1. The van der Waals surface area contributed by atoms with Crippen LogP contribution in [0, 0.1) is 0 Å². The number of rotatable bonds is 7. The number of hydrogen-bond acceptors (Lipinski definition) is 7. The van der Waals surface area contributed by atoms with E-state index in [1.165, 1.54) is 6.42 Å². The number of hydrogen-bond donors (Lipinski definition) is 4. The molecule has 0 radical (unpaired) electrons. The Morgan fingerprint density at radius 1 is 0.971 bits per heavy atom. The summed E-state index contributed by atoms with van der Waals surface area (Å²) in [6.07, 6.45) is 12.0. The SMILES string of the molecule is CC(=O)NC1CCC(Nc2cc(NC3CCC3)c3ncc(C(=O)Nc4ccncc4)n3n2)CC1. The maximum Gasteiger partial charge on any atom is 0.276 e. The van der Waals surface area contributed by atoms with Crippen LogP contribution in [0.3, 0.4) is 0 Å². The molecular formula is C24H30N8O2. The maximum atomic E-state index is 13.0. The lowest BCUT2D eigenvalue weighted by Crippen LogP contribution is -2.39. The van der Waals surface area contributed by atoms with Gasteiger partial charge in [0, 0.05) is 49.2 Å². The smallest absolute Gasteiger partial charge is 0.276 e. The number of anilines is 3. The summed E-state index contributed by atoms with van der Waals surface area (Å²) >= 11 is 0. The molecule has 2 aliphatic carbocycles. The Balaban J connectivity index is 1.38. The van der Waals surface area contributed by atoms with Gasteiger partial charge in [-0.2, -0.15) is 0 Å². The molecule has 34 heavy (non-hydrogen) atoms. The number of nitrogens with one attached hydrogen (secondary N) is 4. The lowest BCUT2D eigenvalue weighted by atomic mass is 9.91. The zero-order valence-electron chi connectivity index (χ0n) is 19.3. The highest BCUT2D eigenvalue weighted by atomic mass is 16.2. The Hall–Kier alpha value is -3.69. The van der Waals surface area contributed by atoms with E-state index in [4.69, 9.17) is 5.10 Å². The molecule has 0 unspecified atom stereocenters. The zero-order valence-corrected chi connectivity index (χ0v) is 19.3. The van der Waals surface area contributed by atoms with E-state index < -0.39 is 0 Å². The van der Waals surface area contributed by atoms with E-state index in [0.717, 1.165) is 44.2 Å². The molecule has 3 aromatic rings. The molecule has 2 fully saturated rings. The quantitative estimate of drug-likeness (QED) is 0.425. The zero-order chi connectivity index (χ0) is 23.5. The van der Waals surface area contributed by atoms with E-state index >= 15 is 0 Å². The fourth-order valence-electron chi connectivity index (χ4n) is 4.58. The van der Waals surface area contributed by atoms with Gasteiger partial charge in [0.1, 0.15) is 5.82 Å². The minimum Gasteiger partial charge on any atom is -0.379 e. The normalized spacial score (nSPS) is 20.4. The Morgan fingerprint density at radius 2 is 1.68 bits per heavy atom. The van der Waals surface area contributed by atoms with Gasteiger partial charge in [0.25, 0.3) is 5.91 Å². The third-order valence-corrected chi connectivity index (χ3v) is 6.59. The molecule has 0 saturated heterocycles. The van der Waals surface area contributed by atoms with Gasteiger partial charge in [0.2, 0.25) is 5.91 Å². The van der Waals surface area contributed by atoms with Gasteiger partial charge in [0.05, 0.1) is 11.9 Å². The second kappa shape index (κ2) is 9.66. The van der Waals surface area contributed by atoms with Crippen molar-refractivity contribution in [3.8, 4) is 0 Å². The number of carbonyl (C=O) groups excluding carboxylic acids is 2. The first-order chi connectivity index (χ1) is 16.5. The molecule has 10 nitrogen and oxygen atoms in total. The van der Waals surface area contributed by atoms with E-state index in [2.05, 4.69) is 31.2 Å². The maximum absolute atomic E-state index is 13.0. The second-order valence-corrected chi connectivity index (χ2v) is 9.18. The van der Waals surface area contributed by atoms with E-state index in [1.807, 2.05) is 6.07 Å². The highest BCUT2D eigenvalue weighted by molar-refractivity contribution is 6.03. The van der Waals surface area contributed by atoms with Crippen molar-refractivity contribution in [1.29, 1.82) is 0 Å². The molecule has 178 valence electrons. The largest absolute Gasteiger partial charge is 0.379 e. The van der Waals surface area contributed by atoms with Gasteiger partial charge < -0.3 is 21.3 Å². The van der Waals surface area contributed by atoms with Crippen LogP contribution in [0.25, 0.3) is 5.65 Å². The number of pyridine rings is 1. The first-order valence-corrected chi connectivity index (χ1v) is 12.0. The monoisotopic (exact) mass is 462 g/mol. The van der Waals surface area contributed by atoms with E-state index in [-0.39, 0.29) is 23.9 Å². The lowest BCUT2D eigenvalue weighted by molar-refractivity contribution is -0.119. The van der Waals surface area contributed by atoms with Gasteiger partial charge in [-0.15, -0.1) is 5.10 Å². The Labute approximate surface area is 197 Å². The van der Waals surface area contributed by atoms with Crippen LogP contribution in [0.2, 0.25) is 0 Å². The minimum atomic E-state index is -0.284. The number of amides is 2. The van der Waals surface area contributed by atoms with Crippen LogP contribution in [0.1, 0.15) is 62.4 Å². The summed E-state index contributed by atoms with van der Waals surface area (Å²) in [4.78, 5) is 32.9. The minimum absolute atomic E-state index is 0.0212. The van der Waals surface area contributed by atoms with Crippen molar-refractivity contribution in [2.24, 2.45) is 0 Å². The van der Waals surface area contributed by atoms with Gasteiger partial charge in [-0.1, -0.05) is 0 Å². The van der Waals surface area contributed by atoms with E-state index in [0.29, 0.717) is 28.9 Å². The summed E-state index contributed by atoms with van der Waals surface area (Å²) in [5.41, 5.74) is 2.53. The third kappa shape index (κ3) is 4.95. The molecule has 2 aliphatic rings. The lowest BCUT2D eigenvalue weighted by Gasteiger charge is -2.30. The molecule has 10 heteroatoms. The van der Waals surface area contributed by atoms with Gasteiger partial charge in [0.15, 0.2) is 11.3 Å². The Kier molecular flexibility index (Phi) is 6.29. The van der Waals surface area contributed by atoms with Gasteiger partial charge in [-0.25, -0.2) is 9.50 Å². The van der Waals surface area contributed by atoms with Crippen molar-refractivity contribution < 1.29 is 9.59 Å². The number of aromatic nitrogens is 4. The molecule has 4 N–H and O–H groups in total. The number of carbonyl (C=O) groups is 2. The highest BCUT2D eigenvalue weighted by Gasteiger charge is 2.24. The van der Waals surface area contributed by atoms with Crippen LogP contribution in [-0.2, 0) is 4.79 Å². The average molecular weight is 463 g/mol. The summed E-state index contributed by atoms with van der Waals surface area (Å²) in [6, 6.07) is 6.37. The number of fused-ring (bicyclic) bond motifs is 1. The van der Waals surface area contributed by atoms with Crippen LogP contribution in [0.4, 0.5) is 17.2 Å². The molecule has 0 aromatic carbocycles. The molecule has 2 amide bonds. The van der Waals surface area contributed by atoms with Gasteiger partial charge in [-0.05, 0) is 57.1 Å². The van der Waals surface area contributed by atoms with Crippen molar-refractivity contribution in [2.75, 3.05) is 16.0 Å². The first kappa shape index (κ1) is 22.1. The Bertz CT molecular complexity index is 1170. The van der Waals surface area contributed by atoms with Crippen LogP contribution in [0.15, 0.2) is 36.8 Å². The summed E-state index contributed by atoms with van der Waals surface area (Å²) in [5.74, 6) is 0.440. The summed E-state index contributed by atoms with van der Waals surface area (Å²) in [5, 5.41) is 17.8. The fraction of sp³-hybridized carbons (Fsp3) is 0.458. The van der Waals surface area contributed by atoms with Crippen molar-refractivity contribution >= 4 is 34.7 Å². The summed E-state index contributed by atoms with van der Waals surface area (Å²) in [6.45, 7) is 1.56. The third-order valence-electron chi connectivity index (χ3n) is 6.59. The second-order valence-electron chi connectivity index (χ2n) is 9.18. The van der Waals surface area contributed by atoms with Crippen molar-refractivity contribution in [3.05, 3.63) is 42.5 Å². The number of nitrogens with zero attached hydrogens (tertiary/aromatic N) is 4. The molecule has 0 aliphatic heterocycles. The van der Waals surface area contributed by atoms with E-state index in [9.17, 15) is 9.59 Å². The average Bonchev–Trinajstić information content (AvgIpc) is 3.22. The standard InChI is InChI=1S/C24H30N8O2/c1-15(33)27-17-5-7-18(8-6-17)29-22-13-20(28-16-3-2-4-16)23-26-14-21(32(23)31-22)24(34)30-19-9-11-25-12-10-19/h9-14,16-18,28H,2-8H2,1H3,(H,27,33)(H,29,31)(H,25,30,34). The van der Waals surface area contributed by atoms with Gasteiger partial charge >= 0.3 is 0 Å². The molecule has 3 aromatic heterocycles. The molecule has 0 atom stereocenters. The molecule has 0 bridgehead atoms. The van der Waals surface area contributed by atoms with Crippen molar-refractivity contribution in [3.63, 3.8) is 0 Å². The van der Waals surface area contributed by atoms with Crippen molar-refractivity contribution in [2.45, 2.75) is 70.0 Å². The molecule has 2 saturated carbocycles. The van der Waals surface area contributed by atoms with Crippen LogP contribution >= 0.6 is 0 Å². The topological polar surface area (TPSA) is 125 Å². The first-order valence-electron chi connectivity index (χ1n) is 12.0. The molecule has 3 heterocycles. The van der Waals surface area contributed by atoms with E-state index in [1.54, 1.807) is 42.2 Å². The van der Waals surface area contributed by atoms with Gasteiger partial charge in [-0.3, -0.25) is 14.6 Å². The molecule has 5 rings (SSSR count). The fourth-order valence-corrected chi connectivity index (χ4v) is 4.58. The predicted molar refractivity (Wildman–Crippen MR) is 130 cm³/mol. The van der Waals surface area contributed by atoms with Crippen LogP contribution in [0.5, 0.6) is 0 Å². The summed E-state index contributed by atoms with van der Waals surface area (Å²) in [7, 11) is 0.